The summed E-state index contributed by atoms with van der Waals surface area (Å²) in [4.78, 5) is 33.5. The minimum Gasteiger partial charge on any atom is -0.478 e. The molecule has 0 saturated carbocycles. The van der Waals surface area contributed by atoms with Gasteiger partial charge >= 0.3 is 11.9 Å². The Morgan fingerprint density at radius 2 is 1.90 bits per heavy atom. The van der Waals surface area contributed by atoms with Gasteiger partial charge in [-0.1, -0.05) is 12.1 Å². The third kappa shape index (κ3) is 6.23. The van der Waals surface area contributed by atoms with E-state index in [0.29, 0.717) is 18.2 Å². The standard InChI is InChI=1S/C16H18N2O2S.C4H4O4/c1-11(2)17-8-6-12(7-9-17)16-10-13-14(18(19)20)4-3-5-15(13)21-16;5-3(6)1-2-4(7)8/h3-6,10-11H,7-9H2,1-2H3;1-2H,(H,5,6)(H,7,8)/b;2-1-. The lowest BCUT2D eigenvalue weighted by molar-refractivity contribution is -0.383. The van der Waals surface area contributed by atoms with Gasteiger partial charge in [0.1, 0.15) is 0 Å². The van der Waals surface area contributed by atoms with Gasteiger partial charge in [-0.2, -0.15) is 0 Å². The summed E-state index contributed by atoms with van der Waals surface area (Å²) in [7, 11) is 0. The molecule has 3 rings (SSSR count). The second-order valence-electron chi connectivity index (χ2n) is 6.63. The molecule has 1 aromatic heterocycles. The maximum atomic E-state index is 11.1. The molecule has 2 aromatic rings. The molecule has 0 amide bonds. The number of nitro groups is 1. The fraction of sp³-hybridized carbons (Fsp3) is 0.300. The molecule has 1 aromatic carbocycles. The molecule has 0 unspecified atom stereocenters. The van der Waals surface area contributed by atoms with Crippen LogP contribution in [-0.4, -0.2) is 51.1 Å². The number of aliphatic carboxylic acids is 2. The van der Waals surface area contributed by atoms with Gasteiger partial charge in [-0.25, -0.2) is 9.59 Å². The van der Waals surface area contributed by atoms with Crippen molar-refractivity contribution in [1.29, 1.82) is 0 Å². The molecule has 0 saturated heterocycles. The zero-order valence-corrected chi connectivity index (χ0v) is 16.9. The SMILES string of the molecule is CC(C)N1CC=C(c2cc3c([N+](=O)[O-])cccc3s2)CC1.O=C(O)/C=C\C(=O)O. The zero-order valence-electron chi connectivity index (χ0n) is 16.1. The lowest BCUT2D eigenvalue weighted by Gasteiger charge is -2.29. The summed E-state index contributed by atoms with van der Waals surface area (Å²) in [5, 5.41) is 27.5. The number of nitrogens with zero attached hydrogens (tertiary/aromatic N) is 2. The van der Waals surface area contributed by atoms with Crippen LogP contribution in [-0.2, 0) is 9.59 Å². The van der Waals surface area contributed by atoms with Crippen LogP contribution in [0.25, 0.3) is 15.7 Å². The maximum Gasteiger partial charge on any atom is 0.328 e. The highest BCUT2D eigenvalue weighted by Gasteiger charge is 2.19. The van der Waals surface area contributed by atoms with Crippen LogP contribution in [0.15, 0.2) is 42.5 Å². The topological polar surface area (TPSA) is 121 Å². The first-order chi connectivity index (χ1) is 13.7. The van der Waals surface area contributed by atoms with E-state index in [0.717, 1.165) is 29.6 Å². The average Bonchev–Trinajstić information content (AvgIpc) is 3.11. The van der Waals surface area contributed by atoms with Crippen LogP contribution in [0.3, 0.4) is 0 Å². The number of carboxylic acids is 2. The number of hydrogen-bond donors (Lipinski definition) is 2. The van der Waals surface area contributed by atoms with Crippen molar-refractivity contribution in [2.45, 2.75) is 26.3 Å². The second-order valence-corrected chi connectivity index (χ2v) is 7.72. The van der Waals surface area contributed by atoms with Gasteiger partial charge in [0.05, 0.1) is 10.3 Å². The van der Waals surface area contributed by atoms with Crippen molar-refractivity contribution in [3.05, 3.63) is 57.5 Å². The maximum absolute atomic E-state index is 11.1. The van der Waals surface area contributed by atoms with E-state index in [2.05, 4.69) is 24.8 Å². The van der Waals surface area contributed by atoms with Gasteiger partial charge in [0, 0.05) is 46.9 Å². The van der Waals surface area contributed by atoms with Crippen molar-refractivity contribution < 1.29 is 24.7 Å². The van der Waals surface area contributed by atoms with Gasteiger partial charge in [0.2, 0.25) is 0 Å². The monoisotopic (exact) mass is 418 g/mol. The minimum absolute atomic E-state index is 0.204. The quantitative estimate of drug-likeness (QED) is 0.427. The van der Waals surface area contributed by atoms with E-state index in [1.165, 1.54) is 10.5 Å². The number of thiophene rings is 1. The predicted molar refractivity (Wildman–Crippen MR) is 112 cm³/mol. The summed E-state index contributed by atoms with van der Waals surface area (Å²) >= 11 is 1.65. The van der Waals surface area contributed by atoms with Gasteiger partial charge in [0.25, 0.3) is 5.69 Å². The Hall–Kier alpha value is -3.04. The number of carboxylic acid groups (broad SMARTS) is 2. The second kappa shape index (κ2) is 9.94. The summed E-state index contributed by atoms with van der Waals surface area (Å²) in [5.74, 6) is -2.51. The molecular formula is C20H22N2O6S. The molecule has 0 fully saturated rings. The van der Waals surface area contributed by atoms with Gasteiger partial charge in [0.15, 0.2) is 0 Å². The van der Waals surface area contributed by atoms with Crippen molar-refractivity contribution in [2.24, 2.45) is 0 Å². The van der Waals surface area contributed by atoms with Crippen molar-refractivity contribution in [1.82, 2.24) is 4.90 Å². The number of rotatable bonds is 5. The van der Waals surface area contributed by atoms with Crippen LogP contribution < -0.4 is 0 Å². The summed E-state index contributed by atoms with van der Waals surface area (Å²) < 4.78 is 0.992. The molecule has 0 spiro atoms. The Labute approximate surface area is 171 Å². The third-order valence-corrected chi connectivity index (χ3v) is 5.57. The molecule has 0 atom stereocenters. The first kappa shape index (κ1) is 22.3. The lowest BCUT2D eigenvalue weighted by Crippen LogP contribution is -2.34. The van der Waals surface area contributed by atoms with Crippen molar-refractivity contribution in [3.8, 4) is 0 Å². The smallest absolute Gasteiger partial charge is 0.328 e. The van der Waals surface area contributed by atoms with Crippen LogP contribution in [0.2, 0.25) is 0 Å². The van der Waals surface area contributed by atoms with E-state index in [4.69, 9.17) is 10.2 Å². The molecule has 0 radical (unpaired) electrons. The van der Waals surface area contributed by atoms with Gasteiger partial charge in [-0.15, -0.1) is 11.3 Å². The summed E-state index contributed by atoms with van der Waals surface area (Å²) in [6.45, 7) is 6.44. The molecular weight excluding hydrogens is 396 g/mol. The number of non-ortho nitro benzene ring substituents is 1. The van der Waals surface area contributed by atoms with E-state index in [9.17, 15) is 19.7 Å². The Morgan fingerprint density at radius 1 is 1.24 bits per heavy atom. The molecule has 2 heterocycles. The number of hydrogen-bond acceptors (Lipinski definition) is 6. The molecule has 0 aliphatic carbocycles. The summed E-state index contributed by atoms with van der Waals surface area (Å²) in [6, 6.07) is 7.84. The van der Waals surface area contributed by atoms with E-state index >= 15 is 0 Å². The minimum atomic E-state index is -1.26. The van der Waals surface area contributed by atoms with Crippen LogP contribution in [0.1, 0.15) is 25.1 Å². The highest BCUT2D eigenvalue weighted by molar-refractivity contribution is 7.20. The fourth-order valence-corrected chi connectivity index (χ4v) is 4.03. The van der Waals surface area contributed by atoms with Gasteiger partial charge in [-0.05, 0) is 38.0 Å². The number of carbonyl (C=O) groups is 2. The first-order valence-corrected chi connectivity index (χ1v) is 9.75. The molecule has 8 nitrogen and oxygen atoms in total. The molecule has 1 aliphatic heterocycles. The zero-order chi connectivity index (χ0) is 21.6. The van der Waals surface area contributed by atoms with Crippen LogP contribution in [0.4, 0.5) is 5.69 Å². The number of fused-ring (bicyclic) bond motifs is 1. The Morgan fingerprint density at radius 3 is 2.38 bits per heavy atom. The molecule has 29 heavy (non-hydrogen) atoms. The Kier molecular flexibility index (Phi) is 7.63. The number of nitro benzene ring substituents is 1. The van der Waals surface area contributed by atoms with E-state index < -0.39 is 11.9 Å². The van der Waals surface area contributed by atoms with Gasteiger partial charge < -0.3 is 10.2 Å². The highest BCUT2D eigenvalue weighted by atomic mass is 32.1. The van der Waals surface area contributed by atoms with E-state index in [1.54, 1.807) is 23.5 Å². The van der Waals surface area contributed by atoms with Crippen LogP contribution >= 0.6 is 11.3 Å². The van der Waals surface area contributed by atoms with Gasteiger partial charge in [-0.3, -0.25) is 15.0 Å². The average molecular weight is 418 g/mol. The largest absolute Gasteiger partial charge is 0.478 e. The highest BCUT2D eigenvalue weighted by Crippen LogP contribution is 2.37. The molecule has 9 heteroatoms. The summed E-state index contributed by atoms with van der Waals surface area (Å²) in [5.41, 5.74) is 1.53. The van der Waals surface area contributed by atoms with Crippen molar-refractivity contribution >= 4 is 44.6 Å². The normalized spacial score (nSPS) is 14.5. The molecule has 1 aliphatic rings. The number of benzene rings is 1. The molecule has 154 valence electrons. The van der Waals surface area contributed by atoms with Crippen molar-refractivity contribution in [2.75, 3.05) is 13.1 Å². The van der Waals surface area contributed by atoms with E-state index in [1.807, 2.05) is 12.1 Å². The predicted octanol–water partition coefficient (Wildman–Crippen LogP) is 4.02. The van der Waals surface area contributed by atoms with E-state index in [-0.39, 0.29) is 10.6 Å². The summed E-state index contributed by atoms with van der Waals surface area (Å²) in [6.07, 6.45) is 4.39. The van der Waals surface area contributed by atoms with Crippen LogP contribution in [0, 0.1) is 10.1 Å². The lowest BCUT2D eigenvalue weighted by atomic mass is 10.0. The first-order valence-electron chi connectivity index (χ1n) is 8.93. The van der Waals surface area contributed by atoms with Crippen molar-refractivity contribution in [3.63, 3.8) is 0 Å². The molecule has 2 N–H and O–H groups in total. The fourth-order valence-electron chi connectivity index (χ4n) is 2.88. The third-order valence-electron chi connectivity index (χ3n) is 4.39. The Bertz CT molecular complexity index is 961. The van der Waals surface area contributed by atoms with Crippen LogP contribution in [0.5, 0.6) is 0 Å². The Balaban J connectivity index is 0.000000321. The molecule has 0 bridgehead atoms.